The monoisotopic (exact) mass is 273 g/mol. The number of aromatic nitrogens is 2. The number of hydrogen-bond donors (Lipinski definition) is 1. The van der Waals surface area contributed by atoms with E-state index in [2.05, 4.69) is 17.6 Å². The quantitative estimate of drug-likeness (QED) is 0.852. The van der Waals surface area contributed by atoms with Gasteiger partial charge < -0.3 is 15.0 Å². The Morgan fingerprint density at radius 2 is 2.35 bits per heavy atom. The third kappa shape index (κ3) is 2.66. The molecule has 2 N–H and O–H groups in total. The summed E-state index contributed by atoms with van der Waals surface area (Å²) in [6.45, 7) is 5.07. The van der Waals surface area contributed by atoms with Gasteiger partial charge in [0.25, 0.3) is 0 Å². The Kier molecular flexibility index (Phi) is 3.92. The van der Waals surface area contributed by atoms with Crippen molar-refractivity contribution < 1.29 is 4.74 Å². The van der Waals surface area contributed by atoms with Gasteiger partial charge in [0.05, 0.1) is 11.0 Å². The zero-order valence-corrected chi connectivity index (χ0v) is 12.1. The molecule has 0 radical (unpaired) electrons. The van der Waals surface area contributed by atoms with Crippen molar-refractivity contribution in [3.05, 3.63) is 24.0 Å². The van der Waals surface area contributed by atoms with Gasteiger partial charge in [-0.2, -0.15) is 0 Å². The molecule has 0 saturated carbocycles. The molecule has 20 heavy (non-hydrogen) atoms. The molecular formula is C16H23N3O. The molecule has 3 rings (SSSR count). The molecule has 0 bridgehead atoms. The maximum absolute atomic E-state index is 5.86. The van der Waals surface area contributed by atoms with Crippen molar-refractivity contribution in [3.8, 4) is 0 Å². The lowest BCUT2D eigenvalue weighted by Crippen LogP contribution is -2.09. The van der Waals surface area contributed by atoms with E-state index in [-0.39, 0.29) is 0 Å². The van der Waals surface area contributed by atoms with Crippen molar-refractivity contribution in [1.82, 2.24) is 9.55 Å². The van der Waals surface area contributed by atoms with Crippen molar-refractivity contribution in [2.45, 2.75) is 39.2 Å². The van der Waals surface area contributed by atoms with Crippen LogP contribution >= 0.6 is 0 Å². The normalized spacial score (nSPS) is 18.9. The van der Waals surface area contributed by atoms with E-state index in [1.54, 1.807) is 0 Å². The minimum absolute atomic E-state index is 0.704. The Bertz CT molecular complexity index is 585. The average molecular weight is 273 g/mol. The van der Waals surface area contributed by atoms with Crippen LogP contribution in [0.15, 0.2) is 18.2 Å². The first-order valence-corrected chi connectivity index (χ1v) is 7.60. The average Bonchev–Trinajstić information content (AvgIpc) is 3.04. The van der Waals surface area contributed by atoms with Gasteiger partial charge in [-0.15, -0.1) is 0 Å². The van der Waals surface area contributed by atoms with E-state index in [1.807, 2.05) is 12.1 Å². The lowest BCUT2D eigenvalue weighted by Gasteiger charge is -2.12. The summed E-state index contributed by atoms with van der Waals surface area (Å²) in [7, 11) is 0. The maximum Gasteiger partial charge on any atom is 0.109 e. The van der Waals surface area contributed by atoms with Gasteiger partial charge in [0.1, 0.15) is 5.82 Å². The molecule has 1 unspecified atom stereocenters. The number of ether oxygens (including phenoxy) is 1. The smallest absolute Gasteiger partial charge is 0.109 e. The van der Waals surface area contributed by atoms with E-state index in [0.717, 1.165) is 43.8 Å². The topological polar surface area (TPSA) is 53.1 Å². The highest BCUT2D eigenvalue weighted by Crippen LogP contribution is 2.23. The van der Waals surface area contributed by atoms with E-state index in [4.69, 9.17) is 15.5 Å². The second kappa shape index (κ2) is 5.83. The second-order valence-corrected chi connectivity index (χ2v) is 5.70. The van der Waals surface area contributed by atoms with Gasteiger partial charge in [-0.1, -0.05) is 6.92 Å². The number of imidazole rings is 1. The van der Waals surface area contributed by atoms with Crippen LogP contribution in [0.3, 0.4) is 0 Å². The molecule has 1 aliphatic rings. The molecular weight excluding hydrogens is 250 g/mol. The predicted molar refractivity (Wildman–Crippen MR) is 81.7 cm³/mol. The Labute approximate surface area is 119 Å². The Balaban J connectivity index is 1.87. The van der Waals surface area contributed by atoms with E-state index in [0.29, 0.717) is 5.92 Å². The summed E-state index contributed by atoms with van der Waals surface area (Å²) >= 11 is 0. The Morgan fingerprint density at radius 3 is 3.10 bits per heavy atom. The number of aryl methyl sites for hydroxylation is 2. The number of nitrogens with two attached hydrogens (primary N) is 1. The van der Waals surface area contributed by atoms with Crippen LogP contribution in [0.4, 0.5) is 5.69 Å². The zero-order valence-electron chi connectivity index (χ0n) is 12.1. The van der Waals surface area contributed by atoms with Crippen molar-refractivity contribution in [3.63, 3.8) is 0 Å². The molecule has 4 heteroatoms. The van der Waals surface area contributed by atoms with Crippen LogP contribution in [0, 0.1) is 5.92 Å². The van der Waals surface area contributed by atoms with Gasteiger partial charge in [-0.3, -0.25) is 0 Å². The minimum atomic E-state index is 0.704. The number of benzene rings is 1. The van der Waals surface area contributed by atoms with Gasteiger partial charge in [0.15, 0.2) is 0 Å². The molecule has 0 amide bonds. The summed E-state index contributed by atoms with van der Waals surface area (Å²) in [6.07, 6.45) is 4.51. The highest BCUT2D eigenvalue weighted by Gasteiger charge is 2.17. The van der Waals surface area contributed by atoms with Gasteiger partial charge in [0, 0.05) is 31.9 Å². The molecule has 108 valence electrons. The van der Waals surface area contributed by atoms with E-state index in [1.165, 1.54) is 24.2 Å². The van der Waals surface area contributed by atoms with Crippen LogP contribution in [0.5, 0.6) is 0 Å². The molecule has 1 saturated heterocycles. The number of fused-ring (bicyclic) bond motifs is 1. The van der Waals surface area contributed by atoms with Gasteiger partial charge >= 0.3 is 0 Å². The third-order valence-corrected chi connectivity index (χ3v) is 4.11. The van der Waals surface area contributed by atoms with Gasteiger partial charge in [0.2, 0.25) is 0 Å². The number of nitrogen functional groups attached to an aromatic ring is 1. The largest absolute Gasteiger partial charge is 0.399 e. The van der Waals surface area contributed by atoms with Crippen molar-refractivity contribution in [2.24, 2.45) is 5.92 Å². The van der Waals surface area contributed by atoms with Crippen molar-refractivity contribution >= 4 is 16.7 Å². The molecule has 0 spiro atoms. The number of nitrogens with zero attached hydrogens (tertiary/aromatic N) is 2. The molecule has 4 nitrogen and oxygen atoms in total. The van der Waals surface area contributed by atoms with Crippen LogP contribution in [0.25, 0.3) is 11.0 Å². The minimum Gasteiger partial charge on any atom is -0.399 e. The molecule has 1 aromatic heterocycles. The summed E-state index contributed by atoms with van der Waals surface area (Å²) in [5.74, 6) is 1.89. The first-order valence-electron chi connectivity index (χ1n) is 7.60. The predicted octanol–water partition coefficient (Wildman–Crippen LogP) is 3.00. The molecule has 1 aromatic carbocycles. The standard InChI is InChI=1S/C16H23N3O/c1-2-3-16-18-14-10-13(17)4-5-15(14)19(16)8-6-12-7-9-20-11-12/h4-5,10,12H,2-3,6-9,11,17H2,1H3. The van der Waals surface area contributed by atoms with Crippen LogP contribution in [0.2, 0.25) is 0 Å². The summed E-state index contributed by atoms with van der Waals surface area (Å²) in [6, 6.07) is 6.04. The van der Waals surface area contributed by atoms with Crippen molar-refractivity contribution in [1.29, 1.82) is 0 Å². The van der Waals surface area contributed by atoms with E-state index in [9.17, 15) is 0 Å². The fourth-order valence-corrected chi connectivity index (χ4v) is 2.98. The fourth-order valence-electron chi connectivity index (χ4n) is 2.98. The molecule has 1 aliphatic heterocycles. The highest BCUT2D eigenvalue weighted by molar-refractivity contribution is 5.79. The summed E-state index contributed by atoms with van der Waals surface area (Å²) in [5.41, 5.74) is 8.89. The maximum atomic E-state index is 5.86. The number of rotatable bonds is 5. The zero-order chi connectivity index (χ0) is 13.9. The Hall–Kier alpha value is -1.55. The van der Waals surface area contributed by atoms with Crippen LogP contribution in [-0.4, -0.2) is 22.8 Å². The van der Waals surface area contributed by atoms with Crippen LogP contribution < -0.4 is 5.73 Å². The first kappa shape index (κ1) is 13.4. The molecule has 0 aliphatic carbocycles. The molecule has 1 atom stereocenters. The van der Waals surface area contributed by atoms with E-state index >= 15 is 0 Å². The fraction of sp³-hybridized carbons (Fsp3) is 0.562. The lowest BCUT2D eigenvalue weighted by molar-refractivity contribution is 0.183. The van der Waals surface area contributed by atoms with Crippen LogP contribution in [-0.2, 0) is 17.7 Å². The van der Waals surface area contributed by atoms with Gasteiger partial charge in [-0.05, 0) is 43.4 Å². The first-order chi connectivity index (χ1) is 9.78. The summed E-state index contributed by atoms with van der Waals surface area (Å²) in [4.78, 5) is 4.76. The SMILES string of the molecule is CCCc1nc2cc(N)ccc2n1CCC1CCOC1. The van der Waals surface area contributed by atoms with E-state index < -0.39 is 0 Å². The molecule has 1 fully saturated rings. The van der Waals surface area contributed by atoms with Crippen LogP contribution in [0.1, 0.15) is 32.0 Å². The molecule has 2 heterocycles. The third-order valence-electron chi connectivity index (χ3n) is 4.11. The number of hydrogen-bond acceptors (Lipinski definition) is 3. The molecule has 2 aromatic rings. The summed E-state index contributed by atoms with van der Waals surface area (Å²) < 4.78 is 7.84. The number of anilines is 1. The highest BCUT2D eigenvalue weighted by atomic mass is 16.5. The summed E-state index contributed by atoms with van der Waals surface area (Å²) in [5, 5.41) is 0. The lowest BCUT2D eigenvalue weighted by atomic mass is 10.1. The van der Waals surface area contributed by atoms with Crippen molar-refractivity contribution in [2.75, 3.05) is 18.9 Å². The second-order valence-electron chi connectivity index (χ2n) is 5.70. The Morgan fingerprint density at radius 1 is 1.45 bits per heavy atom. The van der Waals surface area contributed by atoms with Gasteiger partial charge in [-0.25, -0.2) is 4.98 Å².